The molecule has 0 saturated carbocycles. The summed E-state index contributed by atoms with van der Waals surface area (Å²) >= 11 is 5.80. The Morgan fingerprint density at radius 1 is 1.25 bits per heavy atom. The van der Waals surface area contributed by atoms with Gasteiger partial charge in [0.25, 0.3) is 5.91 Å². The van der Waals surface area contributed by atoms with Gasteiger partial charge in [0.05, 0.1) is 10.7 Å². The maximum atomic E-state index is 12.9. The van der Waals surface area contributed by atoms with Crippen LogP contribution in [0, 0.1) is 5.82 Å². The van der Waals surface area contributed by atoms with E-state index in [1.807, 2.05) is 0 Å². The highest BCUT2D eigenvalue weighted by atomic mass is 35.5. The van der Waals surface area contributed by atoms with Crippen LogP contribution >= 0.6 is 11.6 Å². The Labute approximate surface area is 120 Å². The molecular weight excluding hydrogens is 283 g/mol. The maximum Gasteiger partial charge on any atom is 0.262 e. The van der Waals surface area contributed by atoms with Crippen LogP contribution in [0.1, 0.15) is 0 Å². The fourth-order valence-corrected chi connectivity index (χ4v) is 1.70. The Hall–Kier alpha value is -2.27. The van der Waals surface area contributed by atoms with E-state index in [2.05, 4.69) is 5.32 Å². The van der Waals surface area contributed by atoms with Crippen LogP contribution in [-0.2, 0) is 4.79 Å². The molecule has 104 valence electrons. The molecule has 3 N–H and O–H groups in total. The third-order valence-electron chi connectivity index (χ3n) is 2.46. The number of nitrogens with two attached hydrogens (primary N) is 1. The van der Waals surface area contributed by atoms with Crippen molar-refractivity contribution < 1.29 is 13.9 Å². The first kappa shape index (κ1) is 14.1. The molecule has 20 heavy (non-hydrogen) atoms. The number of nitrogens with one attached hydrogen (secondary N) is 1. The predicted octanol–water partition coefficient (Wildman–Crippen LogP) is 3.08. The highest BCUT2D eigenvalue weighted by molar-refractivity contribution is 6.33. The lowest BCUT2D eigenvalue weighted by Gasteiger charge is -2.09. The highest BCUT2D eigenvalue weighted by Gasteiger charge is 2.07. The molecule has 2 rings (SSSR count). The number of amides is 1. The van der Waals surface area contributed by atoms with Crippen LogP contribution in [0.4, 0.5) is 15.8 Å². The molecule has 0 unspecified atom stereocenters. The Morgan fingerprint density at radius 2 is 1.95 bits per heavy atom. The largest absolute Gasteiger partial charge is 0.484 e. The third kappa shape index (κ3) is 3.86. The smallest absolute Gasteiger partial charge is 0.262 e. The molecule has 2 aromatic carbocycles. The fourth-order valence-electron chi connectivity index (χ4n) is 1.49. The monoisotopic (exact) mass is 294 g/mol. The lowest BCUT2D eigenvalue weighted by Crippen LogP contribution is -2.20. The van der Waals surface area contributed by atoms with Gasteiger partial charge in [0.1, 0.15) is 11.6 Å². The molecule has 0 saturated heterocycles. The summed E-state index contributed by atoms with van der Waals surface area (Å²) in [6, 6.07) is 10.4. The van der Waals surface area contributed by atoms with Gasteiger partial charge in [0.15, 0.2) is 6.61 Å². The van der Waals surface area contributed by atoms with Crippen LogP contribution in [0.2, 0.25) is 5.02 Å². The summed E-state index contributed by atoms with van der Waals surface area (Å²) in [6.07, 6.45) is 0. The highest BCUT2D eigenvalue weighted by Crippen LogP contribution is 2.22. The second-order valence-electron chi connectivity index (χ2n) is 4.03. The summed E-state index contributed by atoms with van der Waals surface area (Å²) < 4.78 is 18.1. The van der Waals surface area contributed by atoms with Crippen LogP contribution in [0.25, 0.3) is 0 Å². The lowest BCUT2D eigenvalue weighted by atomic mass is 10.3. The topological polar surface area (TPSA) is 64.3 Å². The SMILES string of the molecule is Nc1ccc(OCC(=O)Nc2ccc(F)cc2Cl)cc1. The summed E-state index contributed by atoms with van der Waals surface area (Å²) in [7, 11) is 0. The molecule has 0 aromatic heterocycles. The van der Waals surface area contributed by atoms with E-state index in [0.717, 1.165) is 6.07 Å². The number of hydrogen-bond acceptors (Lipinski definition) is 3. The molecule has 4 nitrogen and oxygen atoms in total. The zero-order chi connectivity index (χ0) is 14.5. The van der Waals surface area contributed by atoms with Gasteiger partial charge in [-0.25, -0.2) is 4.39 Å². The number of rotatable bonds is 4. The number of benzene rings is 2. The lowest BCUT2D eigenvalue weighted by molar-refractivity contribution is -0.118. The van der Waals surface area contributed by atoms with Crippen molar-refractivity contribution in [3.63, 3.8) is 0 Å². The molecule has 0 atom stereocenters. The Bertz CT molecular complexity index is 617. The van der Waals surface area contributed by atoms with E-state index in [0.29, 0.717) is 17.1 Å². The number of carbonyl (C=O) groups is 1. The van der Waals surface area contributed by atoms with Crippen LogP contribution in [-0.4, -0.2) is 12.5 Å². The van der Waals surface area contributed by atoms with Crippen molar-refractivity contribution in [1.29, 1.82) is 0 Å². The molecular formula is C14H12ClFN2O2. The van der Waals surface area contributed by atoms with Crippen LogP contribution in [0.5, 0.6) is 5.75 Å². The van der Waals surface area contributed by atoms with E-state index < -0.39 is 11.7 Å². The zero-order valence-corrected chi connectivity index (χ0v) is 11.2. The minimum Gasteiger partial charge on any atom is -0.484 e. The number of nitrogen functional groups attached to an aromatic ring is 1. The van der Waals surface area contributed by atoms with E-state index >= 15 is 0 Å². The van der Waals surface area contributed by atoms with Crippen LogP contribution in [0.15, 0.2) is 42.5 Å². The number of anilines is 2. The first-order chi connectivity index (χ1) is 9.54. The number of halogens is 2. The summed E-state index contributed by atoms with van der Waals surface area (Å²) in [6.45, 7) is -0.183. The van der Waals surface area contributed by atoms with E-state index in [9.17, 15) is 9.18 Å². The second-order valence-corrected chi connectivity index (χ2v) is 4.44. The Kier molecular flexibility index (Phi) is 4.42. The van der Waals surface area contributed by atoms with Gasteiger partial charge < -0.3 is 15.8 Å². The fraction of sp³-hybridized carbons (Fsp3) is 0.0714. The second kappa shape index (κ2) is 6.25. The molecule has 0 aliphatic rings. The minimum absolute atomic E-state index is 0.130. The molecule has 0 aliphatic heterocycles. The van der Waals surface area contributed by atoms with E-state index in [1.54, 1.807) is 24.3 Å². The maximum absolute atomic E-state index is 12.9. The molecule has 2 aromatic rings. The van der Waals surface area contributed by atoms with Crippen molar-refractivity contribution in [1.82, 2.24) is 0 Å². The summed E-state index contributed by atoms with van der Waals surface area (Å²) in [4.78, 5) is 11.7. The van der Waals surface area contributed by atoms with Gasteiger partial charge in [-0.2, -0.15) is 0 Å². The van der Waals surface area contributed by atoms with E-state index in [1.165, 1.54) is 12.1 Å². The first-order valence-electron chi connectivity index (χ1n) is 5.78. The summed E-state index contributed by atoms with van der Waals surface area (Å²) in [5.41, 5.74) is 6.48. The molecule has 6 heteroatoms. The molecule has 0 aliphatic carbocycles. The van der Waals surface area contributed by atoms with E-state index in [-0.39, 0.29) is 11.6 Å². The number of carbonyl (C=O) groups excluding carboxylic acids is 1. The minimum atomic E-state index is -0.467. The van der Waals surface area contributed by atoms with Crippen molar-refractivity contribution in [2.45, 2.75) is 0 Å². The van der Waals surface area contributed by atoms with Crippen LogP contribution < -0.4 is 15.8 Å². The average molecular weight is 295 g/mol. The number of hydrogen-bond donors (Lipinski definition) is 2. The van der Waals surface area contributed by atoms with Gasteiger partial charge in [-0.1, -0.05) is 11.6 Å². The standard InChI is InChI=1S/C14H12ClFN2O2/c15-12-7-9(16)1-6-13(12)18-14(19)8-20-11-4-2-10(17)3-5-11/h1-7H,8,17H2,(H,18,19). The molecule has 0 radical (unpaired) electrons. The van der Waals surface area contributed by atoms with Gasteiger partial charge in [-0.3, -0.25) is 4.79 Å². The van der Waals surface area contributed by atoms with Gasteiger partial charge in [-0.05, 0) is 42.5 Å². The summed E-state index contributed by atoms with van der Waals surface area (Å²) in [5, 5.41) is 2.66. The van der Waals surface area contributed by atoms with Crippen molar-refractivity contribution in [3.05, 3.63) is 53.3 Å². The van der Waals surface area contributed by atoms with Crippen molar-refractivity contribution in [2.24, 2.45) is 0 Å². The third-order valence-corrected chi connectivity index (χ3v) is 2.77. The quantitative estimate of drug-likeness (QED) is 0.852. The molecule has 0 heterocycles. The van der Waals surface area contributed by atoms with Crippen molar-refractivity contribution in [3.8, 4) is 5.75 Å². The van der Waals surface area contributed by atoms with Gasteiger partial charge >= 0.3 is 0 Å². The average Bonchev–Trinajstić information content (AvgIpc) is 2.41. The van der Waals surface area contributed by atoms with E-state index in [4.69, 9.17) is 22.1 Å². The molecule has 0 bridgehead atoms. The Morgan fingerprint density at radius 3 is 2.60 bits per heavy atom. The molecule has 1 amide bonds. The van der Waals surface area contributed by atoms with Gasteiger partial charge in [0, 0.05) is 5.69 Å². The predicted molar refractivity (Wildman–Crippen MR) is 76.4 cm³/mol. The normalized spacial score (nSPS) is 10.1. The Balaban J connectivity index is 1.90. The number of ether oxygens (including phenoxy) is 1. The first-order valence-corrected chi connectivity index (χ1v) is 6.15. The molecule has 0 fully saturated rings. The zero-order valence-electron chi connectivity index (χ0n) is 10.4. The van der Waals surface area contributed by atoms with Crippen LogP contribution in [0.3, 0.4) is 0 Å². The van der Waals surface area contributed by atoms with Crippen molar-refractivity contribution >= 4 is 28.9 Å². The van der Waals surface area contributed by atoms with Gasteiger partial charge in [0.2, 0.25) is 0 Å². The van der Waals surface area contributed by atoms with Crippen molar-refractivity contribution in [2.75, 3.05) is 17.7 Å². The van der Waals surface area contributed by atoms with Gasteiger partial charge in [-0.15, -0.1) is 0 Å². The molecule has 0 spiro atoms. The summed E-state index contributed by atoms with van der Waals surface area (Å²) in [5.74, 6) is -0.332.